The molecule has 0 aliphatic carbocycles. The number of nitrogen functional groups attached to an aromatic ring is 2. The van der Waals surface area contributed by atoms with Crippen LogP contribution in [0.1, 0.15) is 0 Å². The smallest absolute Gasteiger partial charge is 0.227 e. The zero-order valence-electron chi connectivity index (χ0n) is 8.96. The van der Waals surface area contributed by atoms with Crippen molar-refractivity contribution < 1.29 is 0 Å². The minimum atomic E-state index is 0.231. The van der Waals surface area contributed by atoms with Crippen molar-refractivity contribution >= 4 is 17.6 Å². The topological polar surface area (TPSA) is 103 Å². The predicted molar refractivity (Wildman–Crippen MR) is 64.6 cm³/mol. The molecule has 0 saturated heterocycles. The van der Waals surface area contributed by atoms with Crippen LogP contribution in [0.15, 0.2) is 36.7 Å². The maximum Gasteiger partial charge on any atom is 0.227 e. The molecule has 0 aliphatic rings. The largest absolute Gasteiger partial charge is 0.399 e. The number of hydrogen-bond acceptors (Lipinski definition) is 6. The third-order valence-corrected chi connectivity index (χ3v) is 1.61. The van der Waals surface area contributed by atoms with Crippen LogP contribution in [0.2, 0.25) is 0 Å². The van der Waals surface area contributed by atoms with Gasteiger partial charge in [-0.25, -0.2) is 9.97 Å². The summed E-state index contributed by atoms with van der Waals surface area (Å²) in [4.78, 5) is 11.1. The highest BCUT2D eigenvalue weighted by Crippen LogP contribution is 1.96. The second-order valence-corrected chi connectivity index (χ2v) is 2.83. The molecule has 2 aromatic rings. The van der Waals surface area contributed by atoms with Gasteiger partial charge in [-0.2, -0.15) is 4.98 Å². The molecule has 2 rings (SSSR count). The molecule has 0 unspecified atom stereocenters. The molecular weight excluding hydrogens is 204 g/mol. The van der Waals surface area contributed by atoms with Gasteiger partial charge in [-0.05, 0) is 12.1 Å². The van der Waals surface area contributed by atoms with Gasteiger partial charge in [0.05, 0.1) is 0 Å². The number of nitrogens with two attached hydrogens (primary N) is 2. The van der Waals surface area contributed by atoms with Crippen molar-refractivity contribution in [1.82, 2.24) is 15.0 Å². The van der Waals surface area contributed by atoms with Crippen molar-refractivity contribution in [2.75, 3.05) is 23.8 Å². The van der Waals surface area contributed by atoms with Gasteiger partial charge in [0.2, 0.25) is 11.9 Å². The third kappa shape index (κ3) is 4.23. The summed E-state index contributed by atoms with van der Waals surface area (Å²) in [7, 11) is 1.72. The fourth-order valence-electron chi connectivity index (χ4n) is 0.882. The molecule has 1 aromatic carbocycles. The van der Waals surface area contributed by atoms with Crippen molar-refractivity contribution in [3.05, 3.63) is 36.7 Å². The standard InChI is InChI=1S/C6H7N.C4H7N5/c7-6-4-2-1-3-5-6;1-6-4-8-2-7-3(5)9-4/h1-5H,7H2;2H,1H3,(H3,5,6,7,8,9). The van der Waals surface area contributed by atoms with Crippen LogP contribution < -0.4 is 16.8 Å². The first kappa shape index (κ1) is 11.7. The molecule has 0 atom stereocenters. The third-order valence-electron chi connectivity index (χ3n) is 1.61. The zero-order valence-corrected chi connectivity index (χ0v) is 8.96. The van der Waals surface area contributed by atoms with Crippen molar-refractivity contribution in [1.29, 1.82) is 0 Å². The quantitative estimate of drug-likeness (QED) is 0.611. The SMILES string of the molecule is CNc1ncnc(N)n1.Nc1ccccc1. The molecule has 1 aromatic heterocycles. The van der Waals surface area contributed by atoms with E-state index in [-0.39, 0.29) is 5.95 Å². The first-order valence-corrected chi connectivity index (χ1v) is 4.65. The van der Waals surface area contributed by atoms with Crippen LogP contribution >= 0.6 is 0 Å². The van der Waals surface area contributed by atoms with Gasteiger partial charge in [-0.15, -0.1) is 0 Å². The van der Waals surface area contributed by atoms with Gasteiger partial charge in [0, 0.05) is 12.7 Å². The zero-order chi connectivity index (χ0) is 11.8. The Bertz CT molecular complexity index is 417. The molecule has 0 aliphatic heterocycles. The van der Waals surface area contributed by atoms with Crippen LogP contribution in [0.25, 0.3) is 0 Å². The first-order valence-electron chi connectivity index (χ1n) is 4.65. The molecule has 0 radical (unpaired) electrons. The number of nitrogens with one attached hydrogen (secondary N) is 1. The molecule has 5 N–H and O–H groups in total. The molecule has 0 fully saturated rings. The van der Waals surface area contributed by atoms with E-state index in [2.05, 4.69) is 20.3 Å². The lowest BCUT2D eigenvalue weighted by Gasteiger charge is -1.94. The number of rotatable bonds is 1. The van der Waals surface area contributed by atoms with Gasteiger partial charge in [0.15, 0.2) is 0 Å². The van der Waals surface area contributed by atoms with Crippen molar-refractivity contribution in [3.63, 3.8) is 0 Å². The summed E-state index contributed by atoms with van der Waals surface area (Å²) in [6.07, 6.45) is 1.36. The minimum absolute atomic E-state index is 0.231. The number of nitrogens with zero attached hydrogens (tertiary/aromatic N) is 3. The number of hydrogen-bond donors (Lipinski definition) is 3. The van der Waals surface area contributed by atoms with Crippen molar-refractivity contribution in [2.45, 2.75) is 0 Å². The molecule has 1 heterocycles. The maximum absolute atomic E-state index is 5.36. The lowest BCUT2D eigenvalue weighted by molar-refractivity contribution is 1.06. The summed E-state index contributed by atoms with van der Waals surface area (Å²) in [6.45, 7) is 0. The average molecular weight is 218 g/mol. The molecule has 6 heteroatoms. The molecule has 6 nitrogen and oxygen atoms in total. The van der Waals surface area contributed by atoms with E-state index in [0.29, 0.717) is 5.95 Å². The van der Waals surface area contributed by atoms with E-state index in [0.717, 1.165) is 5.69 Å². The van der Waals surface area contributed by atoms with Gasteiger partial charge in [0.1, 0.15) is 6.33 Å². The van der Waals surface area contributed by atoms with Gasteiger partial charge >= 0.3 is 0 Å². The monoisotopic (exact) mass is 218 g/mol. The number of benzene rings is 1. The molecule has 0 bridgehead atoms. The average Bonchev–Trinajstić information content (AvgIpc) is 2.31. The molecule has 0 amide bonds. The van der Waals surface area contributed by atoms with E-state index in [1.807, 2.05) is 30.3 Å². The van der Waals surface area contributed by atoms with Gasteiger partial charge in [-0.3, -0.25) is 0 Å². The maximum atomic E-state index is 5.36. The lowest BCUT2D eigenvalue weighted by Crippen LogP contribution is -2.00. The van der Waals surface area contributed by atoms with Crippen LogP contribution in [0.4, 0.5) is 17.6 Å². The molecular formula is C10H14N6. The first-order chi connectivity index (χ1) is 7.72. The van der Waals surface area contributed by atoms with E-state index >= 15 is 0 Å². The highest BCUT2D eigenvalue weighted by atomic mass is 15.2. The Hall–Kier alpha value is -2.37. The summed E-state index contributed by atoms with van der Waals surface area (Å²) in [5.74, 6) is 0.719. The van der Waals surface area contributed by atoms with Crippen LogP contribution in [0.5, 0.6) is 0 Å². The summed E-state index contributed by atoms with van der Waals surface area (Å²) in [5, 5.41) is 2.73. The normalized spacial score (nSPS) is 8.81. The Kier molecular flexibility index (Phi) is 4.52. The molecule has 84 valence electrons. The summed E-state index contributed by atoms with van der Waals surface area (Å²) in [5.41, 5.74) is 11.4. The van der Waals surface area contributed by atoms with E-state index < -0.39 is 0 Å². The second-order valence-electron chi connectivity index (χ2n) is 2.83. The highest BCUT2D eigenvalue weighted by Gasteiger charge is 1.89. The van der Waals surface area contributed by atoms with Crippen molar-refractivity contribution in [2.24, 2.45) is 0 Å². The van der Waals surface area contributed by atoms with Crippen LogP contribution in [0.3, 0.4) is 0 Å². The Balaban J connectivity index is 0.000000165. The minimum Gasteiger partial charge on any atom is -0.399 e. The lowest BCUT2D eigenvalue weighted by atomic mass is 10.3. The second kappa shape index (κ2) is 6.18. The Morgan fingerprint density at radius 1 is 1.06 bits per heavy atom. The van der Waals surface area contributed by atoms with Crippen LogP contribution in [0, 0.1) is 0 Å². The summed E-state index contributed by atoms with van der Waals surface area (Å²) in [6, 6.07) is 9.49. The van der Waals surface area contributed by atoms with Crippen LogP contribution in [-0.4, -0.2) is 22.0 Å². The molecule has 0 spiro atoms. The fourth-order valence-corrected chi connectivity index (χ4v) is 0.882. The predicted octanol–water partition coefficient (Wildman–Crippen LogP) is 0.764. The van der Waals surface area contributed by atoms with E-state index in [4.69, 9.17) is 11.5 Å². The van der Waals surface area contributed by atoms with E-state index in [1.54, 1.807) is 7.05 Å². The fraction of sp³-hybridized carbons (Fsp3) is 0.100. The Morgan fingerprint density at radius 3 is 2.12 bits per heavy atom. The Labute approximate surface area is 93.7 Å². The van der Waals surface area contributed by atoms with Gasteiger partial charge in [0.25, 0.3) is 0 Å². The van der Waals surface area contributed by atoms with Gasteiger partial charge in [-0.1, -0.05) is 18.2 Å². The van der Waals surface area contributed by atoms with Crippen LogP contribution in [-0.2, 0) is 0 Å². The van der Waals surface area contributed by atoms with Gasteiger partial charge < -0.3 is 16.8 Å². The van der Waals surface area contributed by atoms with E-state index in [9.17, 15) is 0 Å². The van der Waals surface area contributed by atoms with E-state index in [1.165, 1.54) is 6.33 Å². The number of anilines is 3. The Morgan fingerprint density at radius 2 is 1.75 bits per heavy atom. The number of aromatic nitrogens is 3. The summed E-state index contributed by atoms with van der Waals surface area (Å²) >= 11 is 0. The molecule has 0 saturated carbocycles. The highest BCUT2D eigenvalue weighted by molar-refractivity contribution is 5.35. The molecule has 16 heavy (non-hydrogen) atoms. The van der Waals surface area contributed by atoms with Crippen molar-refractivity contribution in [3.8, 4) is 0 Å². The summed E-state index contributed by atoms with van der Waals surface area (Å²) < 4.78 is 0. The number of para-hydroxylation sites is 1.